The van der Waals surface area contributed by atoms with Gasteiger partial charge in [-0.05, 0) is 55.4 Å². The molecule has 1 aromatic carbocycles. The molecule has 1 aliphatic carbocycles. The lowest BCUT2D eigenvalue weighted by Crippen LogP contribution is -1.99. The van der Waals surface area contributed by atoms with Crippen LogP contribution in [0, 0.1) is 13.8 Å². The van der Waals surface area contributed by atoms with E-state index in [0.717, 1.165) is 17.1 Å². The zero-order chi connectivity index (χ0) is 16.5. The average Bonchev–Trinajstić information content (AvgIpc) is 3.27. The largest absolute Gasteiger partial charge is 0.282 e. The lowest BCUT2D eigenvalue weighted by molar-refractivity contribution is 0.724. The Morgan fingerprint density at radius 1 is 1.04 bits per heavy atom. The number of hydrogen-bond acceptors (Lipinski definition) is 2. The maximum absolute atomic E-state index is 4.75. The van der Waals surface area contributed by atoms with E-state index < -0.39 is 0 Å². The van der Waals surface area contributed by atoms with E-state index in [1.54, 1.807) is 0 Å². The summed E-state index contributed by atoms with van der Waals surface area (Å²) in [7, 11) is 0. The lowest BCUT2D eigenvalue weighted by atomic mass is 9.90. The van der Waals surface area contributed by atoms with Crippen molar-refractivity contribution in [2.45, 2.75) is 45.4 Å². The predicted octanol–water partition coefficient (Wildman–Crippen LogP) is 5.41. The van der Waals surface area contributed by atoms with Crippen LogP contribution >= 0.6 is 0 Å². The molecular weight excluding hydrogens is 294 g/mol. The molecule has 3 aromatic rings. The smallest absolute Gasteiger partial charge is 0.114 e. The second kappa shape index (κ2) is 6.23. The molecule has 2 aromatic heterocycles. The Kier molecular flexibility index (Phi) is 3.93. The van der Waals surface area contributed by atoms with E-state index in [2.05, 4.69) is 60.4 Å². The van der Waals surface area contributed by atoms with Gasteiger partial charge in [-0.3, -0.25) is 10.1 Å². The molecule has 1 fully saturated rings. The predicted molar refractivity (Wildman–Crippen MR) is 97.9 cm³/mol. The van der Waals surface area contributed by atoms with Crippen LogP contribution in [0.15, 0.2) is 42.6 Å². The van der Waals surface area contributed by atoms with E-state index in [1.165, 1.54) is 47.9 Å². The summed E-state index contributed by atoms with van der Waals surface area (Å²) in [6.45, 7) is 4.16. The molecule has 122 valence electrons. The number of rotatable bonds is 3. The van der Waals surface area contributed by atoms with E-state index in [9.17, 15) is 0 Å². The van der Waals surface area contributed by atoms with Gasteiger partial charge in [0, 0.05) is 17.5 Å². The van der Waals surface area contributed by atoms with Gasteiger partial charge in [-0.25, -0.2) is 0 Å². The van der Waals surface area contributed by atoms with Crippen LogP contribution in [-0.2, 0) is 0 Å². The molecule has 0 bridgehead atoms. The molecule has 1 aliphatic rings. The number of aromatic amines is 1. The molecule has 0 aliphatic heterocycles. The summed E-state index contributed by atoms with van der Waals surface area (Å²) in [6, 6.07) is 12.9. The molecule has 1 saturated carbocycles. The molecular formula is C21H23N3. The Balaban J connectivity index is 1.85. The van der Waals surface area contributed by atoms with Crippen molar-refractivity contribution in [3.8, 4) is 22.5 Å². The lowest BCUT2D eigenvalue weighted by Gasteiger charge is -2.16. The fraction of sp³-hybridized carbons (Fsp3) is 0.333. The van der Waals surface area contributed by atoms with E-state index in [1.807, 2.05) is 6.20 Å². The third-order valence-electron chi connectivity index (χ3n) is 5.31. The van der Waals surface area contributed by atoms with Crippen LogP contribution in [0.4, 0.5) is 0 Å². The van der Waals surface area contributed by atoms with Crippen molar-refractivity contribution in [2.24, 2.45) is 0 Å². The zero-order valence-electron chi connectivity index (χ0n) is 14.3. The van der Waals surface area contributed by atoms with Gasteiger partial charge in [0.05, 0.1) is 5.69 Å². The summed E-state index contributed by atoms with van der Waals surface area (Å²) >= 11 is 0. The summed E-state index contributed by atoms with van der Waals surface area (Å²) in [5, 5.41) is 7.55. The standard InChI is InChI=1S/C21H23N3/c1-14-15(2)23-24-21(14)20-12-18(16-10-6-7-11-16)19(13-22-20)17-8-4-3-5-9-17/h3-5,8-9,12-13,16H,6-7,10-11H2,1-2H3,(H,23,24). The van der Waals surface area contributed by atoms with E-state index in [4.69, 9.17) is 4.98 Å². The monoisotopic (exact) mass is 317 g/mol. The quantitative estimate of drug-likeness (QED) is 0.701. The second-order valence-electron chi connectivity index (χ2n) is 6.83. The highest BCUT2D eigenvalue weighted by Gasteiger charge is 2.22. The Labute approximate surface area is 143 Å². The van der Waals surface area contributed by atoms with Gasteiger partial charge < -0.3 is 0 Å². The van der Waals surface area contributed by atoms with E-state index >= 15 is 0 Å². The first-order chi connectivity index (χ1) is 11.7. The van der Waals surface area contributed by atoms with Gasteiger partial charge in [-0.15, -0.1) is 0 Å². The molecule has 0 atom stereocenters. The fourth-order valence-corrected chi connectivity index (χ4v) is 3.77. The van der Waals surface area contributed by atoms with Crippen LogP contribution in [0.1, 0.15) is 48.4 Å². The van der Waals surface area contributed by atoms with Crippen molar-refractivity contribution >= 4 is 0 Å². The fourth-order valence-electron chi connectivity index (χ4n) is 3.77. The van der Waals surface area contributed by atoms with Crippen LogP contribution in [-0.4, -0.2) is 15.2 Å². The summed E-state index contributed by atoms with van der Waals surface area (Å²) < 4.78 is 0. The minimum absolute atomic E-state index is 0.641. The van der Waals surface area contributed by atoms with E-state index in [0.29, 0.717) is 5.92 Å². The van der Waals surface area contributed by atoms with Crippen LogP contribution in [0.3, 0.4) is 0 Å². The van der Waals surface area contributed by atoms with Crippen molar-refractivity contribution in [2.75, 3.05) is 0 Å². The first-order valence-corrected chi connectivity index (χ1v) is 8.81. The highest BCUT2D eigenvalue weighted by atomic mass is 15.1. The van der Waals surface area contributed by atoms with Gasteiger partial charge >= 0.3 is 0 Å². The Morgan fingerprint density at radius 3 is 2.46 bits per heavy atom. The SMILES string of the molecule is Cc1[nH]nc(-c2cc(C3CCCC3)c(-c3ccccc3)cn2)c1C. The third-order valence-corrected chi connectivity index (χ3v) is 5.31. The molecule has 2 heterocycles. The summed E-state index contributed by atoms with van der Waals surface area (Å²) in [6.07, 6.45) is 7.26. The topological polar surface area (TPSA) is 41.6 Å². The summed E-state index contributed by atoms with van der Waals surface area (Å²) in [5.41, 5.74) is 8.23. The van der Waals surface area contributed by atoms with Gasteiger partial charge in [0.2, 0.25) is 0 Å². The average molecular weight is 317 g/mol. The highest BCUT2D eigenvalue weighted by molar-refractivity contribution is 5.71. The van der Waals surface area contributed by atoms with Crippen LogP contribution in [0.5, 0.6) is 0 Å². The molecule has 4 rings (SSSR count). The number of nitrogens with one attached hydrogen (secondary N) is 1. The van der Waals surface area contributed by atoms with Gasteiger partial charge in [-0.2, -0.15) is 5.10 Å². The van der Waals surface area contributed by atoms with E-state index in [-0.39, 0.29) is 0 Å². The first-order valence-electron chi connectivity index (χ1n) is 8.81. The summed E-state index contributed by atoms with van der Waals surface area (Å²) in [4.78, 5) is 4.75. The highest BCUT2D eigenvalue weighted by Crippen LogP contribution is 2.40. The number of hydrogen-bond donors (Lipinski definition) is 1. The van der Waals surface area contributed by atoms with Crippen molar-refractivity contribution in [3.63, 3.8) is 0 Å². The molecule has 0 amide bonds. The number of aryl methyl sites for hydroxylation is 1. The normalized spacial score (nSPS) is 15.1. The number of benzene rings is 1. The van der Waals surface area contributed by atoms with Gasteiger partial charge in [0.1, 0.15) is 5.69 Å². The van der Waals surface area contributed by atoms with Crippen molar-refractivity contribution in [1.82, 2.24) is 15.2 Å². The van der Waals surface area contributed by atoms with Crippen molar-refractivity contribution < 1.29 is 0 Å². The Bertz CT molecular complexity index is 843. The number of H-pyrrole nitrogens is 1. The van der Waals surface area contributed by atoms with Crippen LogP contribution in [0.25, 0.3) is 22.5 Å². The molecule has 0 radical (unpaired) electrons. The first kappa shape index (κ1) is 15.1. The Hall–Kier alpha value is -2.42. The molecule has 0 spiro atoms. The molecule has 24 heavy (non-hydrogen) atoms. The maximum atomic E-state index is 4.75. The van der Waals surface area contributed by atoms with Crippen molar-refractivity contribution in [3.05, 3.63) is 59.4 Å². The van der Waals surface area contributed by atoms with Gasteiger partial charge in [-0.1, -0.05) is 43.2 Å². The summed E-state index contributed by atoms with van der Waals surface area (Å²) in [5.74, 6) is 0.641. The molecule has 3 heteroatoms. The molecule has 1 N–H and O–H groups in total. The minimum Gasteiger partial charge on any atom is -0.282 e. The number of pyridine rings is 1. The van der Waals surface area contributed by atoms with Crippen LogP contribution < -0.4 is 0 Å². The van der Waals surface area contributed by atoms with Crippen LogP contribution in [0.2, 0.25) is 0 Å². The maximum Gasteiger partial charge on any atom is 0.114 e. The molecule has 0 unspecified atom stereocenters. The van der Waals surface area contributed by atoms with Gasteiger partial charge in [0.25, 0.3) is 0 Å². The zero-order valence-corrected chi connectivity index (χ0v) is 14.3. The molecule has 3 nitrogen and oxygen atoms in total. The molecule has 0 saturated heterocycles. The Morgan fingerprint density at radius 2 is 1.79 bits per heavy atom. The number of nitrogens with zero attached hydrogens (tertiary/aromatic N) is 2. The third kappa shape index (κ3) is 2.64. The van der Waals surface area contributed by atoms with Crippen molar-refractivity contribution in [1.29, 1.82) is 0 Å². The number of aromatic nitrogens is 3. The minimum atomic E-state index is 0.641. The van der Waals surface area contributed by atoms with Gasteiger partial charge in [0.15, 0.2) is 0 Å². The second-order valence-corrected chi connectivity index (χ2v) is 6.83.